The topological polar surface area (TPSA) is 108 Å². The number of anilines is 1. The lowest BCUT2D eigenvalue weighted by Gasteiger charge is -2.25. The zero-order valence-corrected chi connectivity index (χ0v) is 21.8. The number of nitrogens with one attached hydrogen (secondary N) is 3. The SMILES string of the molecule is C[C@@H](N[C@@H](CCc1ccccc1)C(=O)N[C@@H](Cc1cccc2ccccc12)C(=O)Nc1ccccc1)C(=O)O. The Balaban J connectivity index is 1.58. The van der Waals surface area contributed by atoms with E-state index in [1.807, 2.05) is 91.0 Å². The summed E-state index contributed by atoms with van der Waals surface area (Å²) >= 11 is 0. The second-order valence-corrected chi connectivity index (χ2v) is 9.56. The van der Waals surface area contributed by atoms with Gasteiger partial charge in [-0.25, -0.2) is 0 Å². The zero-order valence-electron chi connectivity index (χ0n) is 21.8. The number of fused-ring (bicyclic) bond motifs is 1. The van der Waals surface area contributed by atoms with E-state index in [2.05, 4.69) is 16.0 Å². The Morgan fingerprint density at radius 3 is 2.10 bits per heavy atom. The second-order valence-electron chi connectivity index (χ2n) is 9.56. The predicted octanol–water partition coefficient (Wildman–Crippen LogP) is 4.57. The minimum Gasteiger partial charge on any atom is -0.480 e. The van der Waals surface area contributed by atoms with E-state index in [4.69, 9.17) is 0 Å². The fraction of sp³-hybridized carbons (Fsp3) is 0.219. The van der Waals surface area contributed by atoms with Crippen molar-refractivity contribution in [2.75, 3.05) is 5.32 Å². The molecule has 0 heterocycles. The van der Waals surface area contributed by atoms with Crippen LogP contribution in [0.5, 0.6) is 0 Å². The number of benzene rings is 4. The van der Waals surface area contributed by atoms with Crippen molar-refractivity contribution < 1.29 is 19.5 Å². The van der Waals surface area contributed by atoms with E-state index in [-0.39, 0.29) is 12.3 Å². The lowest BCUT2D eigenvalue weighted by Crippen LogP contribution is -2.55. The first kappa shape index (κ1) is 27.5. The molecule has 3 atom stereocenters. The van der Waals surface area contributed by atoms with E-state index >= 15 is 0 Å². The summed E-state index contributed by atoms with van der Waals surface area (Å²) in [5.41, 5.74) is 2.58. The van der Waals surface area contributed by atoms with Gasteiger partial charge in [0.25, 0.3) is 0 Å². The zero-order chi connectivity index (χ0) is 27.6. The fourth-order valence-electron chi connectivity index (χ4n) is 4.54. The fourth-order valence-corrected chi connectivity index (χ4v) is 4.54. The largest absolute Gasteiger partial charge is 0.480 e. The number of amides is 2. The molecule has 39 heavy (non-hydrogen) atoms. The summed E-state index contributed by atoms with van der Waals surface area (Å²) in [5, 5.41) is 20.3. The highest BCUT2D eigenvalue weighted by Gasteiger charge is 2.28. The van der Waals surface area contributed by atoms with Crippen LogP contribution < -0.4 is 16.0 Å². The molecule has 0 aromatic heterocycles. The first-order valence-electron chi connectivity index (χ1n) is 13.1. The average molecular weight is 524 g/mol. The maximum absolute atomic E-state index is 13.6. The van der Waals surface area contributed by atoms with Crippen molar-refractivity contribution >= 4 is 34.2 Å². The Morgan fingerprint density at radius 2 is 1.38 bits per heavy atom. The van der Waals surface area contributed by atoms with Crippen LogP contribution in [0.3, 0.4) is 0 Å². The molecule has 7 nitrogen and oxygen atoms in total. The number of carbonyl (C=O) groups excluding carboxylic acids is 2. The summed E-state index contributed by atoms with van der Waals surface area (Å²) in [5.74, 6) is -1.83. The van der Waals surface area contributed by atoms with Crippen molar-refractivity contribution in [3.05, 3.63) is 114 Å². The van der Waals surface area contributed by atoms with Gasteiger partial charge in [-0.1, -0.05) is 91.0 Å². The van der Waals surface area contributed by atoms with Gasteiger partial charge in [-0.05, 0) is 53.8 Å². The van der Waals surface area contributed by atoms with Gasteiger partial charge >= 0.3 is 5.97 Å². The average Bonchev–Trinajstić information content (AvgIpc) is 2.95. The van der Waals surface area contributed by atoms with Gasteiger partial charge < -0.3 is 15.7 Å². The number of rotatable bonds is 12. The molecule has 0 bridgehead atoms. The van der Waals surface area contributed by atoms with Crippen LogP contribution in [0.4, 0.5) is 5.69 Å². The molecule has 0 aliphatic heterocycles. The van der Waals surface area contributed by atoms with Crippen LogP contribution in [0.15, 0.2) is 103 Å². The molecule has 4 rings (SSSR count). The number of para-hydroxylation sites is 1. The van der Waals surface area contributed by atoms with Crippen molar-refractivity contribution in [2.24, 2.45) is 0 Å². The van der Waals surface area contributed by atoms with E-state index in [9.17, 15) is 19.5 Å². The van der Waals surface area contributed by atoms with Crippen molar-refractivity contribution in [2.45, 2.75) is 44.3 Å². The van der Waals surface area contributed by atoms with Crippen LogP contribution in [-0.2, 0) is 27.2 Å². The maximum atomic E-state index is 13.6. The van der Waals surface area contributed by atoms with E-state index in [1.165, 1.54) is 6.92 Å². The van der Waals surface area contributed by atoms with Crippen LogP contribution >= 0.6 is 0 Å². The van der Waals surface area contributed by atoms with Gasteiger partial charge in [0.15, 0.2) is 0 Å². The highest BCUT2D eigenvalue weighted by Crippen LogP contribution is 2.20. The molecule has 0 saturated heterocycles. The molecule has 7 heteroatoms. The summed E-state index contributed by atoms with van der Waals surface area (Å²) < 4.78 is 0. The minimum atomic E-state index is -1.05. The summed E-state index contributed by atoms with van der Waals surface area (Å²) in [6.07, 6.45) is 1.21. The van der Waals surface area contributed by atoms with Crippen molar-refractivity contribution in [1.82, 2.24) is 10.6 Å². The summed E-state index contributed by atoms with van der Waals surface area (Å²) in [7, 11) is 0. The summed E-state index contributed by atoms with van der Waals surface area (Å²) in [4.78, 5) is 38.7. The van der Waals surface area contributed by atoms with Crippen molar-refractivity contribution in [1.29, 1.82) is 0 Å². The molecule has 4 N–H and O–H groups in total. The first-order chi connectivity index (χ1) is 18.9. The Morgan fingerprint density at radius 1 is 0.744 bits per heavy atom. The van der Waals surface area contributed by atoms with Gasteiger partial charge in [-0.3, -0.25) is 19.7 Å². The molecule has 0 spiro atoms. The van der Waals surface area contributed by atoms with Gasteiger partial charge in [-0.15, -0.1) is 0 Å². The van der Waals surface area contributed by atoms with E-state index < -0.39 is 30.0 Å². The molecule has 0 saturated carbocycles. The second kappa shape index (κ2) is 13.3. The molecule has 0 unspecified atom stereocenters. The van der Waals surface area contributed by atoms with E-state index in [1.54, 1.807) is 12.1 Å². The molecule has 4 aromatic rings. The summed E-state index contributed by atoms with van der Waals surface area (Å²) in [6, 6.07) is 29.9. The third kappa shape index (κ3) is 7.75. The molecule has 0 aliphatic carbocycles. The number of aryl methyl sites for hydroxylation is 1. The lowest BCUT2D eigenvalue weighted by atomic mass is 9.97. The monoisotopic (exact) mass is 523 g/mol. The van der Waals surface area contributed by atoms with Gasteiger partial charge in [0.2, 0.25) is 11.8 Å². The van der Waals surface area contributed by atoms with Gasteiger partial charge in [-0.2, -0.15) is 0 Å². The smallest absolute Gasteiger partial charge is 0.320 e. The number of hydrogen-bond donors (Lipinski definition) is 4. The third-order valence-electron chi connectivity index (χ3n) is 6.68. The van der Waals surface area contributed by atoms with E-state index in [0.717, 1.165) is 21.9 Å². The number of carbonyl (C=O) groups is 3. The standard InChI is InChI=1S/C32H33N3O4/c1-22(32(38)39)33-28(20-19-23-11-4-2-5-12-23)30(36)35-29(31(37)34-26-16-6-3-7-17-26)21-25-15-10-14-24-13-8-9-18-27(24)25/h2-18,22,28-29,33H,19-21H2,1H3,(H,34,37)(H,35,36)(H,38,39)/t22-,28+,29+/m1/s1. The molecular weight excluding hydrogens is 490 g/mol. The van der Waals surface area contributed by atoms with Crippen LogP contribution in [0.25, 0.3) is 10.8 Å². The predicted molar refractivity (Wildman–Crippen MR) is 153 cm³/mol. The lowest BCUT2D eigenvalue weighted by molar-refractivity contribution is -0.139. The molecule has 0 radical (unpaired) electrons. The highest BCUT2D eigenvalue weighted by molar-refractivity contribution is 5.98. The Bertz CT molecular complexity index is 1400. The molecular formula is C32H33N3O4. The Kier molecular flexibility index (Phi) is 9.43. The number of aliphatic carboxylic acids is 1. The molecule has 4 aromatic carbocycles. The number of carboxylic acid groups (broad SMARTS) is 1. The summed E-state index contributed by atoms with van der Waals surface area (Å²) in [6.45, 7) is 1.50. The Labute approximate surface area is 228 Å². The first-order valence-corrected chi connectivity index (χ1v) is 13.1. The van der Waals surface area contributed by atoms with Crippen LogP contribution in [0.2, 0.25) is 0 Å². The van der Waals surface area contributed by atoms with Crippen LogP contribution in [0.1, 0.15) is 24.5 Å². The van der Waals surface area contributed by atoms with Crippen molar-refractivity contribution in [3.63, 3.8) is 0 Å². The van der Waals surface area contributed by atoms with Crippen LogP contribution in [0, 0.1) is 0 Å². The van der Waals surface area contributed by atoms with Crippen LogP contribution in [-0.4, -0.2) is 41.0 Å². The van der Waals surface area contributed by atoms with Gasteiger partial charge in [0, 0.05) is 12.1 Å². The van der Waals surface area contributed by atoms with E-state index in [0.29, 0.717) is 18.5 Å². The molecule has 200 valence electrons. The minimum absolute atomic E-state index is 0.269. The van der Waals surface area contributed by atoms with Crippen molar-refractivity contribution in [3.8, 4) is 0 Å². The molecule has 0 fully saturated rings. The number of hydrogen-bond acceptors (Lipinski definition) is 4. The maximum Gasteiger partial charge on any atom is 0.320 e. The normalized spacial score (nSPS) is 13.3. The van der Waals surface area contributed by atoms with Gasteiger partial charge in [0.05, 0.1) is 6.04 Å². The van der Waals surface area contributed by atoms with Gasteiger partial charge in [0.1, 0.15) is 12.1 Å². The quantitative estimate of drug-likeness (QED) is 0.218. The Hall–Kier alpha value is -4.49. The molecule has 2 amide bonds. The third-order valence-corrected chi connectivity index (χ3v) is 6.68. The highest BCUT2D eigenvalue weighted by atomic mass is 16.4. The molecule has 0 aliphatic rings. The number of carboxylic acids is 1.